The third-order valence-electron chi connectivity index (χ3n) is 6.10. The van der Waals surface area contributed by atoms with Crippen LogP contribution in [-0.4, -0.2) is 74.5 Å². The summed E-state index contributed by atoms with van der Waals surface area (Å²) >= 11 is 6.40. The van der Waals surface area contributed by atoms with E-state index in [1.165, 1.54) is 17.3 Å². The fourth-order valence-corrected chi connectivity index (χ4v) is 4.43. The Hall–Kier alpha value is -3.99. The monoisotopic (exact) mass is 510 g/mol. The molecule has 0 spiro atoms. The molecule has 1 unspecified atom stereocenters. The van der Waals surface area contributed by atoms with Crippen LogP contribution in [0, 0.1) is 0 Å². The van der Waals surface area contributed by atoms with E-state index < -0.39 is 5.91 Å². The molecule has 1 aromatic carbocycles. The second-order valence-electron chi connectivity index (χ2n) is 8.77. The van der Waals surface area contributed by atoms with Gasteiger partial charge in [-0.1, -0.05) is 24.2 Å². The fourth-order valence-electron chi connectivity index (χ4n) is 4.18. The number of carbonyl (C=O) groups is 3. The second-order valence-corrected chi connectivity index (χ2v) is 9.18. The van der Waals surface area contributed by atoms with Gasteiger partial charge in [-0.3, -0.25) is 14.4 Å². The van der Waals surface area contributed by atoms with Crippen LogP contribution in [0.4, 0.5) is 11.5 Å². The minimum atomic E-state index is -0.533. The Kier molecular flexibility index (Phi) is 7.20. The molecule has 3 amide bonds. The summed E-state index contributed by atoms with van der Waals surface area (Å²) in [5.41, 5.74) is 7.67. The first kappa shape index (κ1) is 25.1. The van der Waals surface area contributed by atoms with Crippen LogP contribution in [0.5, 0.6) is 0 Å². The third kappa shape index (κ3) is 5.01. The van der Waals surface area contributed by atoms with E-state index in [1.54, 1.807) is 41.9 Å². The first-order chi connectivity index (χ1) is 17.2. The van der Waals surface area contributed by atoms with Crippen LogP contribution in [0.15, 0.2) is 37.2 Å². The molecule has 1 atom stereocenters. The second kappa shape index (κ2) is 10.3. The molecule has 0 bridgehead atoms. The van der Waals surface area contributed by atoms with Crippen LogP contribution in [-0.2, 0) is 16.0 Å². The van der Waals surface area contributed by atoms with Gasteiger partial charge in [0, 0.05) is 27.2 Å². The summed E-state index contributed by atoms with van der Waals surface area (Å²) < 4.78 is 1.64. The molecule has 188 valence electrons. The summed E-state index contributed by atoms with van der Waals surface area (Å²) in [6, 6.07) is 4.81. The van der Waals surface area contributed by atoms with Gasteiger partial charge in [0.1, 0.15) is 12.1 Å². The zero-order chi connectivity index (χ0) is 26.0. The summed E-state index contributed by atoms with van der Waals surface area (Å²) in [6.45, 7) is 4.60. The van der Waals surface area contributed by atoms with E-state index in [-0.39, 0.29) is 40.8 Å². The maximum absolute atomic E-state index is 13.3. The Morgan fingerprint density at radius 3 is 2.78 bits per heavy atom. The van der Waals surface area contributed by atoms with E-state index in [1.807, 2.05) is 0 Å². The quantitative estimate of drug-likeness (QED) is 0.485. The molecule has 3 aromatic rings. The summed E-state index contributed by atoms with van der Waals surface area (Å²) in [5, 5.41) is 7.94. The Balaban J connectivity index is 1.63. The Labute approximate surface area is 212 Å². The topological polar surface area (TPSA) is 139 Å². The number of piperidine rings is 1. The van der Waals surface area contributed by atoms with Gasteiger partial charge in [-0.15, -0.1) is 0 Å². The number of hydrogen-bond donors (Lipinski definition) is 2. The maximum Gasteiger partial charge on any atom is 0.277 e. The summed E-state index contributed by atoms with van der Waals surface area (Å²) in [5.74, 6) is -0.635. The number of halogens is 1. The van der Waals surface area contributed by atoms with Crippen LogP contribution in [0.1, 0.15) is 34.9 Å². The van der Waals surface area contributed by atoms with Gasteiger partial charge < -0.3 is 20.9 Å². The highest BCUT2D eigenvalue weighted by Crippen LogP contribution is 2.30. The van der Waals surface area contributed by atoms with Crippen molar-refractivity contribution >= 4 is 51.9 Å². The van der Waals surface area contributed by atoms with Gasteiger partial charge in [0.2, 0.25) is 11.8 Å². The van der Waals surface area contributed by atoms with E-state index in [2.05, 4.69) is 27.0 Å². The lowest BCUT2D eigenvalue weighted by atomic mass is 10.1. The molecule has 11 nitrogen and oxygen atoms in total. The lowest BCUT2D eigenvalue weighted by molar-refractivity contribution is -0.128. The summed E-state index contributed by atoms with van der Waals surface area (Å²) in [4.78, 5) is 49.0. The predicted molar refractivity (Wildman–Crippen MR) is 137 cm³/mol. The molecule has 1 aliphatic heterocycles. The number of anilines is 2. The van der Waals surface area contributed by atoms with Crippen LogP contribution in [0.3, 0.4) is 0 Å². The number of rotatable bonds is 6. The van der Waals surface area contributed by atoms with Crippen LogP contribution in [0.2, 0.25) is 5.02 Å². The first-order valence-electron chi connectivity index (χ1n) is 11.4. The molecule has 3 heterocycles. The molecule has 4 rings (SSSR count). The number of aromatic nitrogens is 4. The van der Waals surface area contributed by atoms with Crippen molar-refractivity contribution in [3.05, 3.63) is 53.5 Å². The van der Waals surface area contributed by atoms with Crippen molar-refractivity contribution in [1.82, 2.24) is 29.5 Å². The first-order valence-corrected chi connectivity index (χ1v) is 11.8. The number of carbonyl (C=O) groups excluding carboxylic acids is 3. The summed E-state index contributed by atoms with van der Waals surface area (Å²) in [7, 11) is 3.36. The molecule has 1 fully saturated rings. The van der Waals surface area contributed by atoms with Crippen molar-refractivity contribution in [1.29, 1.82) is 0 Å². The number of amides is 3. The maximum atomic E-state index is 13.3. The molecule has 3 N–H and O–H groups in total. The lowest BCUT2D eigenvalue weighted by Gasteiger charge is -2.32. The van der Waals surface area contributed by atoms with E-state index in [9.17, 15) is 14.4 Å². The standard InChI is InChI=1S/C24H27ClN8O3/c1-4-18(34)32-9-5-6-15(12-32)33-23-20(22(26)27-13-28-23)21(30-33)24(36)29-17-8-7-14(10-16(17)25)11-19(35)31(2)3/h4,7-8,10,13,15H,1,5-6,9,11-12H2,2-3H3,(H,29,36)(H2,26,27,28). The lowest BCUT2D eigenvalue weighted by Crippen LogP contribution is -2.40. The van der Waals surface area contributed by atoms with Crippen molar-refractivity contribution in [2.24, 2.45) is 0 Å². The van der Waals surface area contributed by atoms with Crippen molar-refractivity contribution in [3.63, 3.8) is 0 Å². The van der Waals surface area contributed by atoms with Crippen molar-refractivity contribution in [3.8, 4) is 0 Å². The molecular formula is C24H27ClN8O3. The minimum Gasteiger partial charge on any atom is -0.383 e. The minimum absolute atomic E-state index is 0.0539. The largest absolute Gasteiger partial charge is 0.383 e. The number of nitrogens with one attached hydrogen (secondary N) is 1. The Bertz CT molecular complexity index is 1350. The van der Waals surface area contributed by atoms with E-state index >= 15 is 0 Å². The van der Waals surface area contributed by atoms with E-state index in [4.69, 9.17) is 17.3 Å². The van der Waals surface area contributed by atoms with Gasteiger partial charge in [-0.2, -0.15) is 5.10 Å². The molecule has 1 saturated heterocycles. The Morgan fingerprint density at radius 2 is 2.08 bits per heavy atom. The van der Waals surface area contributed by atoms with Gasteiger partial charge in [-0.25, -0.2) is 14.6 Å². The number of nitrogens with zero attached hydrogens (tertiary/aromatic N) is 6. The Morgan fingerprint density at radius 1 is 1.31 bits per heavy atom. The average Bonchev–Trinajstić information content (AvgIpc) is 3.26. The molecule has 12 heteroatoms. The summed E-state index contributed by atoms with van der Waals surface area (Å²) in [6.07, 6.45) is 4.32. The number of benzene rings is 1. The third-order valence-corrected chi connectivity index (χ3v) is 6.41. The molecule has 0 aliphatic carbocycles. The van der Waals surface area contributed by atoms with E-state index in [0.29, 0.717) is 29.8 Å². The SMILES string of the molecule is C=CC(=O)N1CCCC(n2nc(C(=O)Nc3ccc(CC(=O)N(C)C)cc3Cl)c3c(N)ncnc32)C1. The molecular weight excluding hydrogens is 484 g/mol. The van der Waals surface area contributed by atoms with Crippen molar-refractivity contribution in [2.45, 2.75) is 25.3 Å². The van der Waals surface area contributed by atoms with Gasteiger partial charge >= 0.3 is 0 Å². The molecule has 36 heavy (non-hydrogen) atoms. The van der Waals surface area contributed by atoms with Gasteiger partial charge in [-0.05, 0) is 36.6 Å². The van der Waals surface area contributed by atoms with Crippen LogP contribution in [0.25, 0.3) is 11.0 Å². The normalized spacial score (nSPS) is 15.5. The van der Waals surface area contributed by atoms with Gasteiger partial charge in [0.05, 0.1) is 28.6 Å². The molecule has 2 aromatic heterocycles. The van der Waals surface area contributed by atoms with Gasteiger partial charge in [0.15, 0.2) is 11.3 Å². The number of likely N-dealkylation sites (tertiary alicyclic amines) is 1. The zero-order valence-electron chi connectivity index (χ0n) is 20.1. The smallest absolute Gasteiger partial charge is 0.277 e. The van der Waals surface area contributed by atoms with E-state index in [0.717, 1.165) is 18.4 Å². The highest BCUT2D eigenvalue weighted by Gasteiger charge is 2.29. The zero-order valence-corrected chi connectivity index (χ0v) is 20.8. The number of likely N-dealkylation sites (N-methyl/N-ethyl adjacent to an activating group) is 1. The highest BCUT2D eigenvalue weighted by atomic mass is 35.5. The number of nitrogen functional groups attached to an aromatic ring is 1. The van der Waals surface area contributed by atoms with Gasteiger partial charge in [0.25, 0.3) is 5.91 Å². The molecule has 0 radical (unpaired) electrons. The van der Waals surface area contributed by atoms with Crippen LogP contribution >= 0.6 is 11.6 Å². The highest BCUT2D eigenvalue weighted by molar-refractivity contribution is 6.34. The van der Waals surface area contributed by atoms with Crippen LogP contribution < -0.4 is 11.1 Å². The molecule has 0 saturated carbocycles. The number of hydrogen-bond acceptors (Lipinski definition) is 7. The van der Waals surface area contributed by atoms with Crippen molar-refractivity contribution in [2.75, 3.05) is 38.2 Å². The number of nitrogens with two attached hydrogens (primary N) is 1. The van der Waals surface area contributed by atoms with Crippen molar-refractivity contribution < 1.29 is 14.4 Å². The predicted octanol–water partition coefficient (Wildman–Crippen LogP) is 2.29. The average molecular weight is 511 g/mol. The fraction of sp³-hybridized carbons (Fsp3) is 0.333. The molecule has 1 aliphatic rings. The number of fused-ring (bicyclic) bond motifs is 1.